The molecule has 2 N–H and O–H groups in total. The van der Waals surface area contributed by atoms with Crippen molar-refractivity contribution in [3.05, 3.63) is 83.4 Å². The van der Waals surface area contributed by atoms with Crippen LogP contribution in [0.25, 0.3) is 22.2 Å². The summed E-state index contributed by atoms with van der Waals surface area (Å²) in [6.07, 6.45) is 4.20. The van der Waals surface area contributed by atoms with Gasteiger partial charge in [-0.3, -0.25) is 0 Å². The normalized spacial score (nSPS) is 15.4. The molecule has 0 amide bonds. The van der Waals surface area contributed by atoms with E-state index in [9.17, 15) is 21.6 Å². The Morgan fingerprint density at radius 1 is 1.00 bits per heavy atom. The molecule has 0 spiro atoms. The predicted molar refractivity (Wildman–Crippen MR) is 134 cm³/mol. The lowest BCUT2D eigenvalue weighted by Gasteiger charge is -2.29. The summed E-state index contributed by atoms with van der Waals surface area (Å²) in [5.74, 6) is -1.57. The second kappa shape index (κ2) is 9.59. The molecule has 0 bridgehead atoms. The molecule has 0 unspecified atom stereocenters. The van der Waals surface area contributed by atoms with Crippen LogP contribution in [-0.4, -0.2) is 42.0 Å². The van der Waals surface area contributed by atoms with Crippen molar-refractivity contribution in [2.45, 2.75) is 25.3 Å². The molecule has 10 heteroatoms. The van der Waals surface area contributed by atoms with Crippen molar-refractivity contribution in [2.24, 2.45) is 0 Å². The van der Waals surface area contributed by atoms with Crippen molar-refractivity contribution in [1.82, 2.24) is 14.3 Å². The first-order chi connectivity index (χ1) is 17.2. The van der Waals surface area contributed by atoms with Crippen LogP contribution in [0.2, 0.25) is 0 Å². The van der Waals surface area contributed by atoms with E-state index in [0.29, 0.717) is 54.0 Å². The molecule has 2 aromatic heterocycles. The van der Waals surface area contributed by atoms with Crippen molar-refractivity contribution >= 4 is 26.7 Å². The van der Waals surface area contributed by atoms with Gasteiger partial charge in [0.05, 0.1) is 6.26 Å². The number of nitrogens with zero attached hydrogens (tertiary/aromatic N) is 2. The highest BCUT2D eigenvalue weighted by Gasteiger charge is 2.27. The molecule has 0 atom stereocenters. The van der Waals surface area contributed by atoms with Crippen molar-refractivity contribution in [3.63, 3.8) is 0 Å². The van der Waals surface area contributed by atoms with Gasteiger partial charge >= 0.3 is 0 Å². The predicted octanol–water partition coefficient (Wildman–Crippen LogP) is 5.40. The number of anilines is 1. The third kappa shape index (κ3) is 5.10. The van der Waals surface area contributed by atoms with E-state index in [1.54, 1.807) is 24.4 Å². The number of pyridine rings is 1. The Balaban J connectivity index is 1.41. The van der Waals surface area contributed by atoms with Crippen LogP contribution in [0.5, 0.6) is 0 Å². The van der Waals surface area contributed by atoms with Gasteiger partial charge in [-0.15, -0.1) is 0 Å². The molecule has 1 aliphatic rings. The third-order valence-corrected chi connectivity index (χ3v) is 7.89. The summed E-state index contributed by atoms with van der Waals surface area (Å²) in [5, 5.41) is 3.86. The number of nitrogens with one attached hydrogen (secondary N) is 2. The lowest BCUT2D eigenvalue weighted by atomic mass is 9.94. The molecule has 5 rings (SSSR count). The first kappa shape index (κ1) is 24.3. The van der Waals surface area contributed by atoms with Gasteiger partial charge in [0.2, 0.25) is 10.0 Å². The maximum absolute atomic E-state index is 14.9. The second-order valence-electron chi connectivity index (χ2n) is 9.11. The average Bonchev–Trinajstić information content (AvgIpc) is 3.27. The number of sulfonamides is 1. The fourth-order valence-electron chi connectivity index (χ4n) is 4.76. The number of rotatable bonds is 6. The third-order valence-electron chi connectivity index (χ3n) is 6.59. The van der Waals surface area contributed by atoms with Gasteiger partial charge in [-0.1, -0.05) is 0 Å². The van der Waals surface area contributed by atoms with E-state index in [1.807, 2.05) is 6.07 Å². The molecule has 188 valence electrons. The van der Waals surface area contributed by atoms with Crippen LogP contribution < -0.4 is 5.32 Å². The topological polar surface area (TPSA) is 78.1 Å². The molecular weight excluding hydrogens is 489 g/mol. The minimum Gasteiger partial charge on any atom is -0.381 e. The van der Waals surface area contributed by atoms with Crippen LogP contribution in [0.4, 0.5) is 18.9 Å². The molecule has 2 aromatic carbocycles. The summed E-state index contributed by atoms with van der Waals surface area (Å²) in [6.45, 7) is 1.08. The minimum absolute atomic E-state index is 0.148. The molecule has 1 aliphatic heterocycles. The first-order valence-electron chi connectivity index (χ1n) is 11.6. The maximum Gasteiger partial charge on any atom is 0.211 e. The van der Waals surface area contributed by atoms with E-state index < -0.39 is 27.5 Å². The summed E-state index contributed by atoms with van der Waals surface area (Å²) in [7, 11) is -3.21. The number of aromatic nitrogens is 2. The number of halogens is 3. The van der Waals surface area contributed by atoms with Gasteiger partial charge in [0.1, 0.15) is 23.1 Å². The highest BCUT2D eigenvalue weighted by molar-refractivity contribution is 7.88. The highest BCUT2D eigenvalue weighted by atomic mass is 32.2. The largest absolute Gasteiger partial charge is 0.381 e. The van der Waals surface area contributed by atoms with Crippen LogP contribution in [0, 0.1) is 17.5 Å². The zero-order valence-corrected chi connectivity index (χ0v) is 20.4. The zero-order valence-electron chi connectivity index (χ0n) is 19.6. The average molecular weight is 515 g/mol. The SMILES string of the molecule is CS(=O)(=O)N1CCC(c2cc3c(-c4cc(NCc5cc(F)cc(F)c5)ccc4F)ccnc3[nH]2)CC1. The van der Waals surface area contributed by atoms with E-state index in [1.165, 1.54) is 28.8 Å². The van der Waals surface area contributed by atoms with Crippen molar-refractivity contribution in [1.29, 1.82) is 0 Å². The van der Waals surface area contributed by atoms with Crippen LogP contribution in [0.3, 0.4) is 0 Å². The standard InChI is InChI=1S/C26H25F3N4O2S/c1-36(34,35)33-8-5-17(6-9-33)25-14-23-21(4-7-30-26(23)32-25)22-13-20(2-3-24(22)29)31-15-16-10-18(27)12-19(28)11-16/h2-4,7,10-14,17,31H,5-6,8-9,15H2,1H3,(H,30,32). The minimum atomic E-state index is -3.21. The Bertz CT molecular complexity index is 1510. The van der Waals surface area contributed by atoms with Crippen LogP contribution >= 0.6 is 0 Å². The van der Waals surface area contributed by atoms with Crippen molar-refractivity contribution in [3.8, 4) is 11.1 Å². The number of hydrogen-bond acceptors (Lipinski definition) is 4. The Labute approximate surface area is 207 Å². The summed E-state index contributed by atoms with van der Waals surface area (Å²) in [6, 6.07) is 11.6. The quantitative estimate of drug-likeness (QED) is 0.361. The van der Waals surface area contributed by atoms with E-state index in [4.69, 9.17) is 0 Å². The number of aromatic amines is 1. The fraction of sp³-hybridized carbons (Fsp3) is 0.269. The van der Waals surface area contributed by atoms with E-state index >= 15 is 0 Å². The fourth-order valence-corrected chi connectivity index (χ4v) is 5.63. The summed E-state index contributed by atoms with van der Waals surface area (Å²) in [5.41, 5.74) is 3.64. The smallest absolute Gasteiger partial charge is 0.211 e. The molecule has 36 heavy (non-hydrogen) atoms. The first-order valence-corrected chi connectivity index (χ1v) is 13.4. The Kier molecular flexibility index (Phi) is 6.48. The molecule has 6 nitrogen and oxygen atoms in total. The Morgan fingerprint density at radius 2 is 1.72 bits per heavy atom. The van der Waals surface area contributed by atoms with E-state index in [0.717, 1.165) is 17.1 Å². The van der Waals surface area contributed by atoms with Gasteiger partial charge in [0.15, 0.2) is 0 Å². The Morgan fingerprint density at radius 3 is 2.42 bits per heavy atom. The molecule has 3 heterocycles. The number of piperidine rings is 1. The van der Waals surface area contributed by atoms with Gasteiger partial charge < -0.3 is 10.3 Å². The van der Waals surface area contributed by atoms with Gasteiger partial charge in [-0.05, 0) is 66.4 Å². The lowest BCUT2D eigenvalue weighted by molar-refractivity contribution is 0.319. The second-order valence-corrected chi connectivity index (χ2v) is 11.1. The van der Waals surface area contributed by atoms with E-state index in [2.05, 4.69) is 15.3 Å². The summed E-state index contributed by atoms with van der Waals surface area (Å²) >= 11 is 0. The Hall–Kier alpha value is -3.37. The van der Waals surface area contributed by atoms with Gasteiger partial charge in [-0.2, -0.15) is 0 Å². The van der Waals surface area contributed by atoms with Crippen LogP contribution in [0.15, 0.2) is 54.7 Å². The molecule has 0 aliphatic carbocycles. The number of H-pyrrole nitrogens is 1. The van der Waals surface area contributed by atoms with Gasteiger partial charge in [-0.25, -0.2) is 30.9 Å². The lowest BCUT2D eigenvalue weighted by Crippen LogP contribution is -2.37. The number of hydrogen-bond donors (Lipinski definition) is 2. The van der Waals surface area contributed by atoms with Crippen molar-refractivity contribution < 1.29 is 21.6 Å². The summed E-state index contributed by atoms with van der Waals surface area (Å²) < 4.78 is 67.1. The highest BCUT2D eigenvalue weighted by Crippen LogP contribution is 2.35. The molecule has 1 saturated heterocycles. The van der Waals surface area contributed by atoms with Gasteiger partial charge in [0.25, 0.3) is 0 Å². The van der Waals surface area contributed by atoms with Crippen LogP contribution in [-0.2, 0) is 16.6 Å². The zero-order chi connectivity index (χ0) is 25.4. The molecule has 1 fully saturated rings. The molecule has 4 aromatic rings. The monoisotopic (exact) mass is 514 g/mol. The molecular formula is C26H25F3N4O2S. The van der Waals surface area contributed by atoms with Crippen molar-refractivity contribution in [2.75, 3.05) is 24.7 Å². The molecule has 0 saturated carbocycles. The van der Waals surface area contributed by atoms with E-state index in [-0.39, 0.29) is 12.5 Å². The number of fused-ring (bicyclic) bond motifs is 1. The van der Waals surface area contributed by atoms with Crippen LogP contribution in [0.1, 0.15) is 30.0 Å². The summed E-state index contributed by atoms with van der Waals surface area (Å²) in [4.78, 5) is 7.74. The molecule has 0 radical (unpaired) electrons. The van der Waals surface area contributed by atoms with Gasteiger partial charge in [0, 0.05) is 60.1 Å². The number of benzene rings is 2. The maximum atomic E-state index is 14.9.